The average Bonchev–Trinajstić information content (AvgIpc) is 3.80. The lowest BCUT2D eigenvalue weighted by Gasteiger charge is -2.05. The van der Waals surface area contributed by atoms with Gasteiger partial charge in [-0.2, -0.15) is 0 Å². The van der Waals surface area contributed by atoms with Gasteiger partial charge in [0.05, 0.1) is 37.3 Å². The lowest BCUT2D eigenvalue weighted by atomic mass is 10.3. The van der Waals surface area contributed by atoms with Crippen molar-refractivity contribution in [2.45, 2.75) is 13.2 Å². The Balaban J connectivity index is 0.000000281. The molecule has 0 aliphatic heterocycles. The van der Waals surface area contributed by atoms with Crippen LogP contribution in [0.15, 0.2) is 96.2 Å². The number of nitro groups is 3. The van der Waals surface area contributed by atoms with Crippen LogP contribution >= 0.6 is 46.7 Å². The molecule has 0 atom stereocenters. The van der Waals surface area contributed by atoms with Crippen LogP contribution in [0.3, 0.4) is 0 Å². The summed E-state index contributed by atoms with van der Waals surface area (Å²) in [5.41, 5.74) is 2.96. The number of nitro benzene ring substituents is 3. The summed E-state index contributed by atoms with van der Waals surface area (Å²) in [4.78, 5) is 61.8. The monoisotopic (exact) mass is 827 g/mol. The first kappa shape index (κ1) is 39.5. The summed E-state index contributed by atoms with van der Waals surface area (Å²) in [6.45, 7) is 0.196. The molecule has 0 saturated heterocycles. The van der Waals surface area contributed by atoms with Gasteiger partial charge >= 0.3 is 12.3 Å². The number of rotatable bonds is 9. The molecule has 0 aliphatic rings. The van der Waals surface area contributed by atoms with E-state index in [1.165, 1.54) is 95.5 Å². The predicted octanol–water partition coefficient (Wildman–Crippen LogP) is 7.10. The first-order valence-corrected chi connectivity index (χ1v) is 14.6. The highest BCUT2D eigenvalue weighted by Gasteiger charge is 2.12. The summed E-state index contributed by atoms with van der Waals surface area (Å²) in [5.74, 6) is 0.315. The third kappa shape index (κ3) is 14.3. The number of thiazole rings is 2. The van der Waals surface area contributed by atoms with Gasteiger partial charge in [-0.25, -0.2) is 9.59 Å². The average molecular weight is 828 g/mol. The van der Waals surface area contributed by atoms with Crippen molar-refractivity contribution in [1.29, 1.82) is 0 Å². The summed E-state index contributed by atoms with van der Waals surface area (Å²) >= 11 is 2.82. The van der Waals surface area contributed by atoms with E-state index in [-0.39, 0.29) is 71.5 Å². The fourth-order valence-corrected chi connectivity index (χ4v) is 3.97. The van der Waals surface area contributed by atoms with Crippen molar-refractivity contribution in [3.05, 3.63) is 136 Å². The molecule has 3 aromatic carbocycles. The molecule has 49 heavy (non-hydrogen) atoms. The Bertz CT molecular complexity index is 1730. The number of halogens is 1. The van der Waals surface area contributed by atoms with E-state index in [4.69, 9.17) is 24.1 Å². The van der Waals surface area contributed by atoms with Gasteiger partial charge in [-0.05, 0) is 36.4 Å². The Morgan fingerprint density at radius 1 is 0.612 bits per heavy atom. The molecule has 256 valence electrons. The smallest absolute Gasteiger partial charge is 0.428 e. The molecule has 0 spiro atoms. The number of carbonyl (C=O) groups is 2. The van der Waals surface area contributed by atoms with E-state index >= 15 is 0 Å². The zero-order chi connectivity index (χ0) is 34.9. The Morgan fingerprint density at radius 2 is 0.959 bits per heavy atom. The molecule has 2 heterocycles. The second-order valence-corrected chi connectivity index (χ2v) is 10.4. The molecule has 0 radical (unpaired) electrons. The molecular formula is C28H22IN5O13S2. The molecule has 18 nitrogen and oxygen atoms in total. The number of hydrogen-bond acceptors (Lipinski definition) is 17. The topological polar surface area (TPSA) is 246 Å². The number of carbonyl (C=O) groups excluding carboxylic acids is 2. The van der Waals surface area contributed by atoms with Gasteiger partial charge in [0, 0.05) is 53.7 Å². The largest absolute Gasteiger partial charge is 0.519 e. The van der Waals surface area contributed by atoms with E-state index in [0.717, 1.165) is 9.75 Å². The number of nitrogens with zero attached hydrogens (tertiary/aromatic N) is 5. The van der Waals surface area contributed by atoms with E-state index in [1.54, 1.807) is 23.4 Å². The molecule has 0 unspecified atom stereocenters. The molecule has 0 fully saturated rings. The minimum atomic E-state index is -1.07. The molecule has 21 heteroatoms. The predicted molar refractivity (Wildman–Crippen MR) is 182 cm³/mol. The van der Waals surface area contributed by atoms with Crippen LogP contribution in [0.25, 0.3) is 0 Å². The summed E-state index contributed by atoms with van der Waals surface area (Å²) < 4.78 is 19.3. The molecule has 5 rings (SSSR count). The third-order valence-corrected chi connectivity index (χ3v) is 6.72. The highest BCUT2D eigenvalue weighted by atomic mass is 127. The highest BCUT2D eigenvalue weighted by molar-refractivity contribution is 14.0. The minimum absolute atomic E-state index is 0. The van der Waals surface area contributed by atoms with Crippen LogP contribution in [0, 0.1) is 30.3 Å². The lowest BCUT2D eigenvalue weighted by Crippen LogP contribution is -2.13. The van der Waals surface area contributed by atoms with Crippen LogP contribution in [-0.4, -0.2) is 42.2 Å². The number of aromatic nitrogens is 2. The number of benzene rings is 3. The summed E-state index contributed by atoms with van der Waals surface area (Å²) in [6.07, 6.45) is 1.30. The number of ether oxygens (including phenoxy) is 4. The van der Waals surface area contributed by atoms with Gasteiger partial charge in [0.1, 0.15) is 23.9 Å². The Hall–Kier alpha value is -5.65. The van der Waals surface area contributed by atoms with E-state index in [9.17, 15) is 39.9 Å². The third-order valence-electron chi connectivity index (χ3n) is 5.20. The lowest BCUT2D eigenvalue weighted by molar-refractivity contribution is -0.385. The van der Waals surface area contributed by atoms with Crippen molar-refractivity contribution in [2.24, 2.45) is 0 Å². The van der Waals surface area contributed by atoms with E-state index in [0.29, 0.717) is 0 Å². The SMILES string of the molecule is I.O=C(OCc1cncs1)Oc1ccc([N+](=O)[O-])cc1.O=C(Oc1ccc([N+](=O)[O-])cc1)Oc1ccc([N+](=O)[O-])cc1.OCc1cncs1. The van der Waals surface area contributed by atoms with Crippen LogP contribution in [0.5, 0.6) is 17.2 Å². The normalized spacial score (nSPS) is 9.57. The molecule has 0 amide bonds. The van der Waals surface area contributed by atoms with Crippen molar-refractivity contribution in [3.8, 4) is 17.2 Å². The van der Waals surface area contributed by atoms with Crippen LogP contribution in [0.2, 0.25) is 0 Å². The number of non-ortho nitro benzene ring substituents is 3. The van der Waals surface area contributed by atoms with Crippen LogP contribution < -0.4 is 14.2 Å². The minimum Gasteiger partial charge on any atom is -0.428 e. The van der Waals surface area contributed by atoms with Gasteiger partial charge < -0.3 is 24.1 Å². The Morgan fingerprint density at radius 3 is 1.24 bits per heavy atom. The van der Waals surface area contributed by atoms with Crippen molar-refractivity contribution in [3.63, 3.8) is 0 Å². The maximum absolute atomic E-state index is 11.5. The quantitative estimate of drug-likeness (QED) is 0.0512. The maximum Gasteiger partial charge on any atom is 0.519 e. The van der Waals surface area contributed by atoms with Gasteiger partial charge in [-0.15, -0.1) is 46.7 Å². The Labute approximate surface area is 300 Å². The first-order valence-electron chi connectivity index (χ1n) is 12.9. The molecule has 2 aromatic heterocycles. The van der Waals surface area contributed by atoms with Crippen molar-refractivity contribution >= 4 is 76.0 Å². The number of aliphatic hydroxyl groups excluding tert-OH is 1. The van der Waals surface area contributed by atoms with Crippen LogP contribution in [0.1, 0.15) is 9.75 Å². The van der Waals surface area contributed by atoms with Crippen molar-refractivity contribution in [2.75, 3.05) is 0 Å². The number of hydrogen-bond donors (Lipinski definition) is 1. The fraction of sp³-hybridized carbons (Fsp3) is 0.0714. The molecule has 0 saturated carbocycles. The molecule has 1 N–H and O–H groups in total. The van der Waals surface area contributed by atoms with Gasteiger partial charge in [0.25, 0.3) is 17.1 Å². The zero-order valence-corrected chi connectivity index (χ0v) is 28.4. The van der Waals surface area contributed by atoms with Crippen LogP contribution in [0.4, 0.5) is 26.7 Å². The van der Waals surface area contributed by atoms with E-state index < -0.39 is 27.1 Å². The van der Waals surface area contributed by atoms with E-state index in [1.807, 2.05) is 0 Å². The second kappa shape index (κ2) is 20.6. The first-order chi connectivity index (χ1) is 23.0. The zero-order valence-electron chi connectivity index (χ0n) is 24.5. The van der Waals surface area contributed by atoms with E-state index in [2.05, 4.69) is 9.97 Å². The summed E-state index contributed by atoms with van der Waals surface area (Å²) in [5, 5.41) is 39.8. The second-order valence-electron chi connectivity index (χ2n) is 8.44. The van der Waals surface area contributed by atoms with Gasteiger partial charge in [0.2, 0.25) is 0 Å². The molecule has 0 bridgehead atoms. The van der Waals surface area contributed by atoms with Gasteiger partial charge in [-0.3, -0.25) is 40.3 Å². The van der Waals surface area contributed by atoms with Crippen molar-refractivity contribution in [1.82, 2.24) is 9.97 Å². The Kier molecular flexibility index (Phi) is 16.6. The highest BCUT2D eigenvalue weighted by Crippen LogP contribution is 2.21. The molecule has 0 aliphatic carbocycles. The summed E-state index contributed by atoms with van der Waals surface area (Å²) in [7, 11) is 0. The maximum atomic E-state index is 11.5. The summed E-state index contributed by atoms with van der Waals surface area (Å²) in [6, 6.07) is 14.8. The van der Waals surface area contributed by atoms with Gasteiger partial charge in [0.15, 0.2) is 0 Å². The molecular weight excluding hydrogens is 805 g/mol. The van der Waals surface area contributed by atoms with Gasteiger partial charge in [-0.1, -0.05) is 0 Å². The van der Waals surface area contributed by atoms with Crippen LogP contribution in [-0.2, 0) is 18.0 Å². The standard InChI is InChI=1S/C13H8N2O7.C11H8N2O5S.C4H5NOS.HI/c16-13(21-11-5-1-9(2-6-11)14(17)18)22-12-7-3-10(4-8-12)15(19)20;14-11(17-6-10-5-12-7-19-10)18-9-3-1-8(2-4-9)13(15)16;6-2-4-1-5-3-7-4;/h1-8H;1-5,7H,6H2;1,3,6H,2H2;1H. The number of aliphatic hydroxyl groups is 1. The van der Waals surface area contributed by atoms with Crippen molar-refractivity contribution < 1.29 is 48.4 Å². The molecule has 5 aromatic rings. The fourth-order valence-electron chi connectivity index (χ4n) is 3.01.